The van der Waals surface area contributed by atoms with Gasteiger partial charge in [0.25, 0.3) is 0 Å². The lowest BCUT2D eigenvalue weighted by Gasteiger charge is -2.31. The molecule has 1 aliphatic heterocycles. The summed E-state index contributed by atoms with van der Waals surface area (Å²) in [5, 5.41) is 18.0. The summed E-state index contributed by atoms with van der Waals surface area (Å²) in [6, 6.07) is 0.466. The Bertz CT molecular complexity index is 572. The molecule has 1 atom stereocenters. The van der Waals surface area contributed by atoms with E-state index < -0.39 is 11.5 Å². The third kappa shape index (κ3) is 2.64. The molecule has 2 fully saturated rings. The molecule has 0 aromatic carbocycles. The molecule has 0 radical (unpaired) electrons. The average molecular weight is 310 g/mol. The fourth-order valence-electron chi connectivity index (χ4n) is 2.73. The minimum absolute atomic E-state index is 0.146. The molecule has 1 unspecified atom stereocenters. The van der Waals surface area contributed by atoms with Gasteiger partial charge < -0.3 is 14.6 Å². The zero-order chi connectivity index (χ0) is 15.0. The van der Waals surface area contributed by atoms with Gasteiger partial charge in [0.15, 0.2) is 5.16 Å². The van der Waals surface area contributed by atoms with Crippen LogP contribution in [0, 0.1) is 0 Å². The quantitative estimate of drug-likeness (QED) is 0.821. The van der Waals surface area contributed by atoms with Crippen molar-refractivity contribution in [2.45, 2.75) is 49.3 Å². The molecule has 2 heterocycles. The van der Waals surface area contributed by atoms with E-state index in [4.69, 9.17) is 0 Å². The summed E-state index contributed by atoms with van der Waals surface area (Å²) in [5.41, 5.74) is -1.07. The molecule has 1 N–H and O–H groups in total. The van der Waals surface area contributed by atoms with E-state index in [2.05, 4.69) is 10.2 Å². The van der Waals surface area contributed by atoms with Crippen LogP contribution in [0.15, 0.2) is 11.5 Å². The van der Waals surface area contributed by atoms with Gasteiger partial charge in [-0.05, 0) is 32.6 Å². The summed E-state index contributed by atoms with van der Waals surface area (Å²) in [4.78, 5) is 25.2. The molecular formula is C13H18N4O3S. The normalized spacial score (nSPS) is 25.3. The predicted octanol–water partition coefficient (Wildman–Crippen LogP) is 1.17. The lowest BCUT2D eigenvalue weighted by molar-refractivity contribution is -0.154. The van der Waals surface area contributed by atoms with E-state index in [1.807, 2.05) is 4.57 Å². The Kier molecular flexibility index (Phi) is 3.64. The minimum Gasteiger partial charge on any atom is -0.480 e. The van der Waals surface area contributed by atoms with Crippen molar-refractivity contribution in [1.82, 2.24) is 19.7 Å². The number of aromatic nitrogens is 3. The van der Waals surface area contributed by atoms with Crippen LogP contribution in [-0.2, 0) is 9.59 Å². The molecule has 21 heavy (non-hydrogen) atoms. The van der Waals surface area contributed by atoms with Crippen LogP contribution in [0.25, 0.3) is 0 Å². The van der Waals surface area contributed by atoms with Crippen molar-refractivity contribution in [2.75, 3.05) is 12.3 Å². The summed E-state index contributed by atoms with van der Waals surface area (Å²) in [7, 11) is 0. The first-order valence-corrected chi connectivity index (χ1v) is 8.07. The second-order valence-electron chi connectivity index (χ2n) is 5.77. The highest BCUT2D eigenvalue weighted by molar-refractivity contribution is 7.99. The van der Waals surface area contributed by atoms with Crippen molar-refractivity contribution < 1.29 is 14.7 Å². The van der Waals surface area contributed by atoms with Crippen molar-refractivity contribution in [3.8, 4) is 0 Å². The molecule has 1 saturated carbocycles. The van der Waals surface area contributed by atoms with Crippen molar-refractivity contribution in [3.05, 3.63) is 6.33 Å². The summed E-state index contributed by atoms with van der Waals surface area (Å²) in [5.74, 6) is -0.874. The molecule has 1 aromatic rings. The zero-order valence-electron chi connectivity index (χ0n) is 11.9. The maximum absolute atomic E-state index is 12.3. The first-order chi connectivity index (χ1) is 10.0. The van der Waals surface area contributed by atoms with E-state index in [-0.39, 0.29) is 11.7 Å². The van der Waals surface area contributed by atoms with Crippen LogP contribution in [0.2, 0.25) is 0 Å². The molecule has 2 aliphatic rings. The van der Waals surface area contributed by atoms with Gasteiger partial charge >= 0.3 is 5.97 Å². The second kappa shape index (κ2) is 5.32. The van der Waals surface area contributed by atoms with Gasteiger partial charge in [0, 0.05) is 12.6 Å². The van der Waals surface area contributed by atoms with Gasteiger partial charge in [-0.3, -0.25) is 4.79 Å². The third-order valence-electron chi connectivity index (χ3n) is 4.21. The molecule has 1 amide bonds. The number of aliphatic carboxylic acids is 1. The van der Waals surface area contributed by atoms with Crippen LogP contribution < -0.4 is 0 Å². The highest BCUT2D eigenvalue weighted by Gasteiger charge is 2.45. The highest BCUT2D eigenvalue weighted by atomic mass is 32.2. The summed E-state index contributed by atoms with van der Waals surface area (Å²) < 4.78 is 2.00. The van der Waals surface area contributed by atoms with Gasteiger partial charge in [0.1, 0.15) is 11.9 Å². The maximum Gasteiger partial charge on any atom is 0.329 e. The van der Waals surface area contributed by atoms with E-state index in [0.29, 0.717) is 19.0 Å². The summed E-state index contributed by atoms with van der Waals surface area (Å²) in [6.45, 7) is 2.13. The minimum atomic E-state index is -1.07. The Morgan fingerprint density at radius 2 is 2.29 bits per heavy atom. The Balaban J connectivity index is 1.63. The van der Waals surface area contributed by atoms with Crippen molar-refractivity contribution in [1.29, 1.82) is 0 Å². The van der Waals surface area contributed by atoms with Gasteiger partial charge in [-0.2, -0.15) is 0 Å². The summed E-state index contributed by atoms with van der Waals surface area (Å²) >= 11 is 1.33. The van der Waals surface area contributed by atoms with Gasteiger partial charge in [0.2, 0.25) is 5.91 Å². The first-order valence-electron chi connectivity index (χ1n) is 7.08. The molecule has 7 nitrogen and oxygen atoms in total. The Morgan fingerprint density at radius 1 is 1.52 bits per heavy atom. The van der Waals surface area contributed by atoms with E-state index in [1.165, 1.54) is 16.7 Å². The number of nitrogens with zero attached hydrogens (tertiary/aromatic N) is 4. The zero-order valence-corrected chi connectivity index (χ0v) is 12.7. The number of carbonyl (C=O) groups is 2. The highest BCUT2D eigenvalue weighted by Crippen LogP contribution is 2.37. The number of carboxylic acids is 1. The van der Waals surface area contributed by atoms with Crippen LogP contribution in [0.4, 0.5) is 0 Å². The number of carboxylic acid groups (broad SMARTS) is 1. The van der Waals surface area contributed by atoms with Gasteiger partial charge in [-0.1, -0.05) is 11.8 Å². The summed E-state index contributed by atoms with van der Waals surface area (Å²) in [6.07, 6.45) is 5.20. The van der Waals surface area contributed by atoms with E-state index in [1.54, 1.807) is 13.3 Å². The van der Waals surface area contributed by atoms with E-state index in [9.17, 15) is 14.7 Å². The lowest BCUT2D eigenvalue weighted by atomic mass is 9.99. The molecule has 1 aliphatic carbocycles. The molecule has 8 heteroatoms. The first kappa shape index (κ1) is 14.4. The lowest BCUT2D eigenvalue weighted by Crippen LogP contribution is -2.51. The van der Waals surface area contributed by atoms with Crippen molar-refractivity contribution >= 4 is 23.6 Å². The van der Waals surface area contributed by atoms with E-state index >= 15 is 0 Å². The van der Waals surface area contributed by atoms with Crippen molar-refractivity contribution in [2.24, 2.45) is 0 Å². The Hall–Kier alpha value is -1.57. The van der Waals surface area contributed by atoms with Crippen LogP contribution in [0.3, 0.4) is 0 Å². The number of rotatable bonds is 5. The molecule has 3 rings (SSSR count). The average Bonchev–Trinajstić information content (AvgIpc) is 3.04. The van der Waals surface area contributed by atoms with Crippen LogP contribution in [0.1, 0.15) is 38.6 Å². The molecule has 1 aromatic heterocycles. The number of hydrogen-bond acceptors (Lipinski definition) is 5. The topological polar surface area (TPSA) is 88.3 Å². The molecule has 114 valence electrons. The molecule has 0 spiro atoms. The van der Waals surface area contributed by atoms with Crippen LogP contribution in [-0.4, -0.2) is 54.5 Å². The van der Waals surface area contributed by atoms with Crippen LogP contribution >= 0.6 is 11.8 Å². The third-order valence-corrected chi connectivity index (χ3v) is 5.15. The van der Waals surface area contributed by atoms with Gasteiger partial charge in [-0.15, -0.1) is 10.2 Å². The van der Waals surface area contributed by atoms with Gasteiger partial charge in [0.05, 0.1) is 5.75 Å². The molecule has 1 saturated heterocycles. The van der Waals surface area contributed by atoms with Crippen molar-refractivity contribution in [3.63, 3.8) is 0 Å². The monoisotopic (exact) mass is 310 g/mol. The standard InChI is InChI=1S/C13H18N4O3S/c1-13(11(19)20)5-2-6-17(13)10(18)7-21-12-15-14-8-16(12)9-3-4-9/h8-9H,2-7H2,1H3,(H,19,20). The maximum atomic E-state index is 12.3. The smallest absolute Gasteiger partial charge is 0.329 e. The predicted molar refractivity (Wildman–Crippen MR) is 76.0 cm³/mol. The Labute approximate surface area is 126 Å². The number of likely N-dealkylation sites (tertiary alicyclic amines) is 1. The molecule has 0 bridgehead atoms. The SMILES string of the molecule is CC1(C(=O)O)CCCN1C(=O)CSc1nncn1C1CC1. The second-order valence-corrected chi connectivity index (χ2v) is 6.71. The van der Waals surface area contributed by atoms with Gasteiger partial charge in [-0.25, -0.2) is 4.79 Å². The fourth-order valence-corrected chi connectivity index (χ4v) is 3.59. The number of amides is 1. The van der Waals surface area contributed by atoms with E-state index in [0.717, 1.165) is 24.4 Å². The number of thioether (sulfide) groups is 1. The fraction of sp³-hybridized carbons (Fsp3) is 0.692. The largest absolute Gasteiger partial charge is 0.480 e. The molecular weight excluding hydrogens is 292 g/mol. The number of hydrogen-bond donors (Lipinski definition) is 1. The van der Waals surface area contributed by atoms with Crippen LogP contribution in [0.5, 0.6) is 0 Å². The Morgan fingerprint density at radius 3 is 2.95 bits per heavy atom. The number of carbonyl (C=O) groups excluding carboxylic acids is 1.